The van der Waals surface area contributed by atoms with Gasteiger partial charge in [-0.25, -0.2) is 16.8 Å². The normalized spacial score (nSPS) is 15.0. The average molecular weight is 649 g/mol. The average Bonchev–Trinajstić information content (AvgIpc) is 2.96. The predicted molar refractivity (Wildman–Crippen MR) is 166 cm³/mol. The van der Waals surface area contributed by atoms with Crippen LogP contribution in [0.4, 0.5) is 17.1 Å². The number of aliphatic carboxylic acids is 1. The zero-order chi connectivity index (χ0) is 31.9. The number of aromatic hydroxyl groups is 1. The van der Waals surface area contributed by atoms with Gasteiger partial charge in [-0.2, -0.15) is 0 Å². The van der Waals surface area contributed by atoms with Crippen LogP contribution in [0.25, 0.3) is 0 Å². The zero-order valence-electron chi connectivity index (χ0n) is 24.0. The Kier molecular flexibility index (Phi) is 10.6. The van der Waals surface area contributed by atoms with E-state index >= 15 is 0 Å². The van der Waals surface area contributed by atoms with Crippen LogP contribution in [0, 0.1) is 0 Å². The Morgan fingerprint density at radius 3 is 2.25 bits per heavy atom. The number of benzene rings is 3. The molecule has 0 aliphatic carbocycles. The summed E-state index contributed by atoms with van der Waals surface area (Å²) in [5, 5.41) is 32.4. The first-order valence-electron chi connectivity index (χ1n) is 13.8. The molecule has 15 heteroatoms. The Bertz CT molecular complexity index is 1640. The second-order valence-corrected chi connectivity index (χ2v) is 14.0. The minimum atomic E-state index is -3.83. The lowest BCUT2D eigenvalue weighted by Crippen LogP contribution is -2.45. The van der Waals surface area contributed by atoms with Gasteiger partial charge in [-0.05, 0) is 66.9 Å². The quantitative estimate of drug-likeness (QED) is 0.140. The first-order chi connectivity index (χ1) is 20.8. The van der Waals surface area contributed by atoms with Gasteiger partial charge in [0.1, 0.15) is 24.2 Å². The third-order valence-corrected chi connectivity index (χ3v) is 8.90. The number of nitrogens with zero attached hydrogens (tertiary/aromatic N) is 1. The monoisotopic (exact) mass is 648 g/mol. The molecule has 238 valence electrons. The number of rotatable bonds is 14. The molecule has 0 spiro atoms. The van der Waals surface area contributed by atoms with Crippen LogP contribution in [0.3, 0.4) is 0 Å². The standard InChI is InChI=1S/C29H36N4O9S2/c1-43(38,39)32-27-17-25(8-11-28(27)35)42-19-24(34)18-30-21-12-14-33(15-13-21)23-6-4-22(5-7-23)31-44(40,41)26-9-2-20(3-10-26)16-29(36)37/h2-11,17,21,24,30-32,34-35H,12-16,18-19H2,1H3,(H,36,37)/t24-/m0/s1. The van der Waals surface area contributed by atoms with Crippen LogP contribution < -0.4 is 24.4 Å². The van der Waals surface area contributed by atoms with Gasteiger partial charge in [0, 0.05) is 43.1 Å². The van der Waals surface area contributed by atoms with Crippen LogP contribution in [0.15, 0.2) is 71.6 Å². The van der Waals surface area contributed by atoms with Gasteiger partial charge in [0.05, 0.1) is 23.3 Å². The summed E-state index contributed by atoms with van der Waals surface area (Å²) in [5.74, 6) is -0.933. The molecule has 0 aromatic heterocycles. The van der Waals surface area contributed by atoms with Crippen LogP contribution in [-0.2, 0) is 31.3 Å². The highest BCUT2D eigenvalue weighted by atomic mass is 32.2. The lowest BCUT2D eigenvalue weighted by atomic mass is 10.0. The van der Waals surface area contributed by atoms with E-state index in [4.69, 9.17) is 9.84 Å². The molecule has 1 aliphatic heterocycles. The minimum Gasteiger partial charge on any atom is -0.506 e. The van der Waals surface area contributed by atoms with Crippen LogP contribution in [0.5, 0.6) is 11.5 Å². The fraction of sp³-hybridized carbons (Fsp3) is 0.345. The molecule has 0 unspecified atom stereocenters. The van der Waals surface area contributed by atoms with Crippen LogP contribution >= 0.6 is 0 Å². The van der Waals surface area contributed by atoms with Crippen molar-refractivity contribution >= 4 is 43.1 Å². The molecule has 0 bridgehead atoms. The third-order valence-electron chi connectivity index (χ3n) is 6.92. The van der Waals surface area contributed by atoms with E-state index in [1.807, 2.05) is 12.1 Å². The molecule has 1 saturated heterocycles. The zero-order valence-corrected chi connectivity index (χ0v) is 25.6. The number of carboxylic acid groups (broad SMARTS) is 1. The lowest BCUT2D eigenvalue weighted by Gasteiger charge is -2.34. The molecule has 1 heterocycles. The number of aliphatic hydroxyl groups is 1. The molecule has 1 fully saturated rings. The number of carbonyl (C=O) groups is 1. The van der Waals surface area contributed by atoms with Gasteiger partial charge < -0.3 is 30.3 Å². The van der Waals surface area contributed by atoms with Gasteiger partial charge in [0.15, 0.2) is 0 Å². The van der Waals surface area contributed by atoms with E-state index in [0.29, 0.717) is 23.5 Å². The van der Waals surface area contributed by atoms with Crippen molar-refractivity contribution in [3.05, 3.63) is 72.3 Å². The molecule has 44 heavy (non-hydrogen) atoms. The number of hydrogen-bond donors (Lipinski definition) is 6. The summed E-state index contributed by atoms with van der Waals surface area (Å²) in [4.78, 5) is 13.1. The molecule has 3 aromatic carbocycles. The third kappa shape index (κ3) is 9.74. The van der Waals surface area contributed by atoms with E-state index in [2.05, 4.69) is 19.7 Å². The van der Waals surface area contributed by atoms with E-state index in [1.165, 1.54) is 42.5 Å². The molecule has 4 rings (SSSR count). The number of phenolic OH excluding ortho intramolecular Hbond substituents is 1. The number of carboxylic acids is 1. The number of piperidine rings is 1. The summed E-state index contributed by atoms with van der Waals surface area (Å²) >= 11 is 0. The summed E-state index contributed by atoms with van der Waals surface area (Å²) in [6.07, 6.45) is 1.64. The van der Waals surface area contributed by atoms with E-state index in [0.717, 1.165) is 37.9 Å². The van der Waals surface area contributed by atoms with Crippen molar-refractivity contribution in [3.63, 3.8) is 0 Å². The number of sulfonamides is 2. The van der Waals surface area contributed by atoms with Crippen LogP contribution in [0.2, 0.25) is 0 Å². The smallest absolute Gasteiger partial charge is 0.307 e. The van der Waals surface area contributed by atoms with Crippen LogP contribution in [0.1, 0.15) is 18.4 Å². The Balaban J connectivity index is 1.20. The van der Waals surface area contributed by atoms with Gasteiger partial charge in [-0.3, -0.25) is 14.2 Å². The summed E-state index contributed by atoms with van der Waals surface area (Å²) in [5.41, 5.74) is 1.86. The molecule has 1 aliphatic rings. The highest BCUT2D eigenvalue weighted by Gasteiger charge is 2.21. The number of aliphatic hydroxyl groups excluding tert-OH is 1. The molecular formula is C29H36N4O9S2. The number of phenols is 1. The number of hydrogen-bond acceptors (Lipinski definition) is 10. The van der Waals surface area contributed by atoms with Crippen molar-refractivity contribution in [1.82, 2.24) is 5.32 Å². The molecule has 3 aromatic rings. The number of nitrogens with one attached hydrogen (secondary N) is 3. The van der Waals surface area contributed by atoms with Crippen molar-refractivity contribution in [1.29, 1.82) is 0 Å². The van der Waals surface area contributed by atoms with Crippen molar-refractivity contribution in [2.24, 2.45) is 0 Å². The molecule has 0 amide bonds. The Morgan fingerprint density at radius 1 is 0.977 bits per heavy atom. The van der Waals surface area contributed by atoms with Crippen molar-refractivity contribution < 1.29 is 41.7 Å². The molecule has 0 radical (unpaired) electrons. The van der Waals surface area contributed by atoms with Gasteiger partial charge >= 0.3 is 5.97 Å². The first kappa shape index (κ1) is 32.9. The van der Waals surface area contributed by atoms with Crippen molar-refractivity contribution in [3.8, 4) is 11.5 Å². The number of anilines is 3. The van der Waals surface area contributed by atoms with Crippen LogP contribution in [-0.4, -0.2) is 82.8 Å². The van der Waals surface area contributed by atoms with Gasteiger partial charge in [0.25, 0.3) is 10.0 Å². The fourth-order valence-corrected chi connectivity index (χ4v) is 6.32. The summed E-state index contributed by atoms with van der Waals surface area (Å²) in [7, 11) is -7.41. The predicted octanol–water partition coefficient (Wildman–Crippen LogP) is 2.19. The van der Waals surface area contributed by atoms with Gasteiger partial charge in [-0.15, -0.1) is 0 Å². The topological polar surface area (TPSA) is 195 Å². The SMILES string of the molecule is CS(=O)(=O)Nc1cc(OC[C@@H](O)CNC2CCN(c3ccc(NS(=O)(=O)c4ccc(CC(=O)O)cc4)cc3)CC2)ccc1O. The summed E-state index contributed by atoms with van der Waals surface area (Å²) < 4.78 is 58.7. The maximum Gasteiger partial charge on any atom is 0.307 e. The molecule has 13 nitrogen and oxygen atoms in total. The molecular weight excluding hydrogens is 612 g/mol. The Labute approximate surface area is 256 Å². The first-order valence-corrected chi connectivity index (χ1v) is 17.2. The maximum atomic E-state index is 12.7. The van der Waals surface area contributed by atoms with E-state index in [-0.39, 0.29) is 35.4 Å². The highest BCUT2D eigenvalue weighted by molar-refractivity contribution is 7.92. The number of ether oxygens (including phenoxy) is 1. The van der Waals surface area contributed by atoms with Gasteiger partial charge in [0.2, 0.25) is 10.0 Å². The largest absolute Gasteiger partial charge is 0.506 e. The van der Waals surface area contributed by atoms with E-state index in [9.17, 15) is 31.8 Å². The summed E-state index contributed by atoms with van der Waals surface area (Å²) in [6, 6.07) is 17.1. The Morgan fingerprint density at radius 2 is 1.64 bits per heavy atom. The second-order valence-electron chi connectivity index (χ2n) is 10.6. The van der Waals surface area contributed by atoms with Crippen molar-refractivity contribution in [2.45, 2.75) is 36.3 Å². The second kappa shape index (κ2) is 14.2. The van der Waals surface area contributed by atoms with E-state index in [1.54, 1.807) is 12.1 Å². The fourth-order valence-electron chi connectivity index (χ4n) is 4.70. The molecule has 0 saturated carbocycles. The highest BCUT2D eigenvalue weighted by Crippen LogP contribution is 2.29. The minimum absolute atomic E-state index is 0.0122. The Hall–Kier alpha value is -4.05. The van der Waals surface area contributed by atoms with Crippen molar-refractivity contribution in [2.75, 3.05) is 46.8 Å². The molecule has 1 atom stereocenters. The van der Waals surface area contributed by atoms with E-state index < -0.39 is 32.1 Å². The van der Waals surface area contributed by atoms with Gasteiger partial charge in [-0.1, -0.05) is 12.1 Å². The lowest BCUT2D eigenvalue weighted by molar-refractivity contribution is -0.136. The maximum absolute atomic E-state index is 12.7. The summed E-state index contributed by atoms with van der Waals surface area (Å²) in [6.45, 7) is 1.80. The molecule has 6 N–H and O–H groups in total.